The average Bonchev–Trinajstić information content (AvgIpc) is 2.17. The highest BCUT2D eigenvalue weighted by Gasteiger charge is 1.91. The summed E-state index contributed by atoms with van der Waals surface area (Å²) in [5.74, 6) is 0.838. The molecule has 0 unspecified atom stereocenters. The van der Waals surface area contributed by atoms with Crippen molar-refractivity contribution in [2.24, 2.45) is 16.5 Å². The molecule has 5 N–H and O–H groups in total. The summed E-state index contributed by atoms with van der Waals surface area (Å²) < 4.78 is 4.96. The number of ether oxygens (including phenoxy) is 1. The largest absolute Gasteiger partial charge is 0.497 e. The van der Waals surface area contributed by atoms with E-state index in [1.54, 1.807) is 31.4 Å². The Kier molecular flexibility index (Phi) is 5.79. The van der Waals surface area contributed by atoms with Crippen LogP contribution in [0.1, 0.15) is 0 Å². The third-order valence-electron chi connectivity index (χ3n) is 1.33. The van der Waals surface area contributed by atoms with E-state index in [4.69, 9.17) is 31.5 Å². The van der Waals surface area contributed by atoms with Crippen molar-refractivity contribution < 1.29 is 15.0 Å². The molecule has 8 heteroatoms. The molecule has 16 heavy (non-hydrogen) atoms. The normalized spacial score (nSPS) is 8.31. The van der Waals surface area contributed by atoms with Gasteiger partial charge in [0, 0.05) is 0 Å². The summed E-state index contributed by atoms with van der Waals surface area (Å²) in [6.07, 6.45) is 0. The monoisotopic (exact) mass is 228 g/mol. The van der Waals surface area contributed by atoms with E-state index in [-0.39, 0.29) is 5.96 Å². The lowest BCUT2D eigenvalue weighted by Gasteiger charge is -1.98. The molecule has 0 spiro atoms. The molecule has 0 radical (unpaired) electrons. The maximum Gasteiger partial charge on any atom is 0.291 e. The first-order chi connectivity index (χ1) is 7.45. The molecule has 0 aromatic heterocycles. The minimum Gasteiger partial charge on any atom is -0.497 e. The maximum atomic E-state index is 8.36. The summed E-state index contributed by atoms with van der Waals surface area (Å²) in [5.41, 5.74) is 11.1. The van der Waals surface area contributed by atoms with Gasteiger partial charge in [0.1, 0.15) is 5.75 Å². The summed E-state index contributed by atoms with van der Waals surface area (Å²) in [6, 6.07) is 7.14. The zero-order valence-corrected chi connectivity index (χ0v) is 8.53. The zero-order valence-electron chi connectivity index (χ0n) is 8.53. The fraction of sp³-hybridized carbons (Fsp3) is 0.125. The molecule has 0 atom stereocenters. The number of methoxy groups -OCH3 is 1. The van der Waals surface area contributed by atoms with Crippen LogP contribution < -0.4 is 16.2 Å². The molecular weight excluding hydrogens is 216 g/mol. The fourth-order valence-electron chi connectivity index (χ4n) is 0.806. The van der Waals surface area contributed by atoms with E-state index in [1.807, 2.05) is 0 Å². The van der Waals surface area contributed by atoms with Gasteiger partial charge in [-0.05, 0) is 24.3 Å². The minimum absolute atomic E-state index is 0.0557. The highest BCUT2D eigenvalue weighted by molar-refractivity contribution is 5.78. The van der Waals surface area contributed by atoms with Crippen LogP contribution in [0.25, 0.3) is 0 Å². The van der Waals surface area contributed by atoms with Crippen molar-refractivity contribution in [1.82, 2.24) is 0 Å². The highest BCUT2D eigenvalue weighted by atomic mass is 16.9. The fourth-order valence-corrected chi connectivity index (χ4v) is 0.806. The Hall–Kier alpha value is -2.51. The summed E-state index contributed by atoms with van der Waals surface area (Å²) >= 11 is 0. The number of benzene rings is 1. The van der Waals surface area contributed by atoms with Crippen molar-refractivity contribution in [3.05, 3.63) is 34.4 Å². The highest BCUT2D eigenvalue weighted by Crippen LogP contribution is 2.16. The lowest BCUT2D eigenvalue weighted by Crippen LogP contribution is -2.21. The lowest BCUT2D eigenvalue weighted by molar-refractivity contribution is -0.742. The predicted molar refractivity (Wildman–Crippen MR) is 57.2 cm³/mol. The van der Waals surface area contributed by atoms with Gasteiger partial charge in [0.2, 0.25) is 0 Å². The van der Waals surface area contributed by atoms with Gasteiger partial charge in [-0.3, -0.25) is 0 Å². The van der Waals surface area contributed by atoms with E-state index in [9.17, 15) is 0 Å². The van der Waals surface area contributed by atoms with Crippen molar-refractivity contribution >= 4 is 11.6 Å². The van der Waals surface area contributed by atoms with E-state index in [2.05, 4.69) is 4.99 Å². The number of guanidine groups is 1. The summed E-state index contributed by atoms with van der Waals surface area (Å²) in [7, 11) is 1.61. The topological polar surface area (TPSA) is 137 Å². The molecule has 0 aliphatic heterocycles. The van der Waals surface area contributed by atoms with Crippen LogP contribution in [-0.2, 0) is 0 Å². The van der Waals surface area contributed by atoms with Crippen molar-refractivity contribution in [2.45, 2.75) is 0 Å². The van der Waals surface area contributed by atoms with Gasteiger partial charge in [-0.1, -0.05) is 0 Å². The quantitative estimate of drug-likeness (QED) is 0.287. The molecule has 1 aromatic carbocycles. The Morgan fingerprint density at radius 1 is 1.44 bits per heavy atom. The number of rotatable bonds is 2. The standard InChI is InChI=1S/C8H11N3O.HNO3/c1-12-7-4-2-6(3-5-7)11-8(9)10;2-1(3)4/h2-5H,1H3,(H4,9,10,11);(H,2,3,4). The Morgan fingerprint density at radius 3 is 2.19 bits per heavy atom. The number of nitrogens with two attached hydrogens (primary N) is 2. The Balaban J connectivity index is 0.000000487. The zero-order chi connectivity index (χ0) is 12.6. The minimum atomic E-state index is -1.50. The van der Waals surface area contributed by atoms with E-state index >= 15 is 0 Å². The van der Waals surface area contributed by atoms with Crippen LogP contribution in [-0.4, -0.2) is 23.4 Å². The van der Waals surface area contributed by atoms with Gasteiger partial charge >= 0.3 is 0 Å². The second-order valence-corrected chi connectivity index (χ2v) is 2.47. The molecule has 0 heterocycles. The molecule has 1 aromatic rings. The Labute approximate surface area is 91.3 Å². The van der Waals surface area contributed by atoms with Crippen LogP contribution in [0.15, 0.2) is 29.3 Å². The third-order valence-corrected chi connectivity index (χ3v) is 1.33. The van der Waals surface area contributed by atoms with Crippen LogP contribution in [0, 0.1) is 10.1 Å². The number of nitrogens with zero attached hydrogens (tertiary/aromatic N) is 2. The lowest BCUT2D eigenvalue weighted by atomic mass is 10.3. The molecule has 0 amide bonds. The van der Waals surface area contributed by atoms with E-state index in [0.29, 0.717) is 0 Å². The van der Waals surface area contributed by atoms with Gasteiger partial charge < -0.3 is 21.4 Å². The van der Waals surface area contributed by atoms with Crippen molar-refractivity contribution in [1.29, 1.82) is 0 Å². The van der Waals surface area contributed by atoms with Gasteiger partial charge in [-0.15, -0.1) is 10.1 Å². The molecule has 0 aliphatic rings. The van der Waals surface area contributed by atoms with Gasteiger partial charge in [-0.25, -0.2) is 4.99 Å². The number of aliphatic imine (C=N–C) groups is 1. The third kappa shape index (κ3) is 6.95. The molecule has 8 nitrogen and oxygen atoms in total. The van der Waals surface area contributed by atoms with Gasteiger partial charge in [0.05, 0.1) is 12.8 Å². The molecule has 0 fully saturated rings. The molecular formula is C8H12N4O4. The SMILES string of the molecule is COc1ccc(N=C(N)N)cc1.O=[N+]([O-])O. The maximum absolute atomic E-state index is 8.36. The smallest absolute Gasteiger partial charge is 0.291 e. The van der Waals surface area contributed by atoms with Gasteiger partial charge in [-0.2, -0.15) is 0 Å². The van der Waals surface area contributed by atoms with Gasteiger partial charge in [0.25, 0.3) is 5.09 Å². The van der Waals surface area contributed by atoms with Crippen LogP contribution in [0.2, 0.25) is 0 Å². The van der Waals surface area contributed by atoms with E-state index in [0.717, 1.165) is 11.4 Å². The van der Waals surface area contributed by atoms with Crippen LogP contribution in [0.3, 0.4) is 0 Å². The predicted octanol–water partition coefficient (Wildman–Crippen LogP) is 0.252. The summed E-state index contributed by atoms with van der Waals surface area (Å²) in [6.45, 7) is 0. The van der Waals surface area contributed by atoms with Crippen molar-refractivity contribution in [2.75, 3.05) is 7.11 Å². The summed E-state index contributed by atoms with van der Waals surface area (Å²) in [5, 5.41) is 13.6. The van der Waals surface area contributed by atoms with Crippen LogP contribution in [0.4, 0.5) is 5.69 Å². The van der Waals surface area contributed by atoms with Crippen molar-refractivity contribution in [3.8, 4) is 5.75 Å². The molecule has 0 saturated carbocycles. The number of hydrogen-bond donors (Lipinski definition) is 3. The molecule has 88 valence electrons. The average molecular weight is 228 g/mol. The first kappa shape index (κ1) is 13.5. The van der Waals surface area contributed by atoms with Gasteiger partial charge in [0.15, 0.2) is 5.96 Å². The van der Waals surface area contributed by atoms with E-state index < -0.39 is 5.09 Å². The van der Waals surface area contributed by atoms with Crippen LogP contribution in [0.5, 0.6) is 5.75 Å². The molecule has 0 bridgehead atoms. The molecule has 1 rings (SSSR count). The molecule has 0 saturated heterocycles. The second kappa shape index (κ2) is 6.87. The van der Waals surface area contributed by atoms with Crippen molar-refractivity contribution in [3.63, 3.8) is 0 Å². The molecule has 0 aliphatic carbocycles. The van der Waals surface area contributed by atoms with E-state index in [1.165, 1.54) is 0 Å². The Morgan fingerprint density at radius 2 is 1.88 bits per heavy atom. The Bertz CT molecular complexity index is 355. The summed E-state index contributed by atoms with van der Waals surface area (Å²) in [4.78, 5) is 12.2. The first-order valence-electron chi connectivity index (χ1n) is 4.02. The second-order valence-electron chi connectivity index (χ2n) is 2.47. The van der Waals surface area contributed by atoms with Crippen LogP contribution >= 0.6 is 0 Å². The number of hydrogen-bond acceptors (Lipinski definition) is 4. The first-order valence-corrected chi connectivity index (χ1v) is 4.02.